The lowest BCUT2D eigenvalue weighted by Gasteiger charge is -2.03. The lowest BCUT2D eigenvalue weighted by molar-refractivity contribution is 1.10. The van der Waals surface area contributed by atoms with Crippen molar-refractivity contribution in [2.45, 2.75) is 0 Å². The molecule has 0 amide bonds. The molecule has 0 saturated heterocycles. The third kappa shape index (κ3) is 1.23. The van der Waals surface area contributed by atoms with E-state index in [1.165, 1.54) is 11.1 Å². The number of fused-ring (bicyclic) bond motifs is 2. The van der Waals surface area contributed by atoms with Crippen LogP contribution in [0, 0.1) is 0 Å². The van der Waals surface area contributed by atoms with Crippen LogP contribution in [0.1, 0.15) is 0 Å². The second-order valence-corrected chi connectivity index (χ2v) is 4.24. The van der Waals surface area contributed by atoms with Gasteiger partial charge in [-0.1, -0.05) is 6.08 Å². The Hall–Kier alpha value is -2.49. The maximum Gasteiger partial charge on any atom is 0.155 e. The fourth-order valence-corrected chi connectivity index (χ4v) is 2.44. The highest BCUT2D eigenvalue weighted by molar-refractivity contribution is 5.92. The number of nitrogens with one attached hydrogen (secondary N) is 1. The van der Waals surface area contributed by atoms with Gasteiger partial charge in [0.05, 0.1) is 6.54 Å². The van der Waals surface area contributed by atoms with Crippen molar-refractivity contribution in [1.82, 2.24) is 15.0 Å². The van der Waals surface area contributed by atoms with Gasteiger partial charge in [-0.15, -0.1) is 0 Å². The van der Waals surface area contributed by atoms with Crippen LogP contribution < -0.4 is 10.7 Å². The van der Waals surface area contributed by atoms with E-state index in [2.05, 4.69) is 32.1 Å². The first kappa shape index (κ1) is 9.53. The summed E-state index contributed by atoms with van der Waals surface area (Å²) in [6.07, 6.45) is 7.68. The highest BCUT2D eigenvalue weighted by atomic mass is 14.8. The van der Waals surface area contributed by atoms with E-state index in [1.807, 2.05) is 30.7 Å². The van der Waals surface area contributed by atoms with Crippen molar-refractivity contribution in [1.29, 1.82) is 0 Å². The molecule has 0 saturated carbocycles. The predicted molar refractivity (Wildman–Crippen MR) is 69.4 cm³/mol. The molecule has 4 nitrogen and oxygen atoms in total. The van der Waals surface area contributed by atoms with Crippen LogP contribution in [0.2, 0.25) is 0 Å². The van der Waals surface area contributed by atoms with Crippen molar-refractivity contribution in [2.75, 3.05) is 6.54 Å². The Bertz CT molecular complexity index is 861. The van der Waals surface area contributed by atoms with E-state index in [0.717, 1.165) is 28.3 Å². The topological polar surface area (TPSA) is 53.9 Å². The Morgan fingerprint density at radius 2 is 1.89 bits per heavy atom. The Morgan fingerprint density at radius 1 is 1.00 bits per heavy atom. The van der Waals surface area contributed by atoms with Crippen LogP contribution in [-0.4, -0.2) is 21.5 Å². The summed E-state index contributed by atoms with van der Waals surface area (Å²) < 4.78 is 0. The maximum atomic E-state index is 4.36. The van der Waals surface area contributed by atoms with Crippen molar-refractivity contribution in [3.63, 3.8) is 0 Å². The van der Waals surface area contributed by atoms with Crippen LogP contribution in [0.25, 0.3) is 28.2 Å². The van der Waals surface area contributed by atoms with Crippen molar-refractivity contribution in [2.24, 2.45) is 4.99 Å². The summed E-state index contributed by atoms with van der Waals surface area (Å²) in [7, 11) is 0. The molecule has 0 aromatic carbocycles. The van der Waals surface area contributed by atoms with Crippen molar-refractivity contribution in [3.8, 4) is 11.1 Å². The van der Waals surface area contributed by atoms with E-state index in [9.17, 15) is 0 Å². The van der Waals surface area contributed by atoms with E-state index in [-0.39, 0.29) is 0 Å². The van der Waals surface area contributed by atoms with Crippen LogP contribution in [0.3, 0.4) is 0 Å². The standard InChI is InChI=1S/C14H10N4/c1-5-15-13-11(3-7-17-13)9(1)10-2-6-16-14-12(10)4-8-18-14/h1-7H,8H2,(H,15,17). The fourth-order valence-electron chi connectivity index (χ4n) is 2.44. The molecule has 1 aliphatic heterocycles. The average molecular weight is 234 g/mol. The SMILES string of the molecule is C1=c2c(-c3ccnc4[nH]ccc34)ccnc2=NC1. The van der Waals surface area contributed by atoms with Gasteiger partial charge in [-0.2, -0.15) is 0 Å². The number of hydrogen-bond acceptors (Lipinski definition) is 3. The number of hydrogen-bond donors (Lipinski definition) is 1. The Balaban J connectivity index is 2.14. The van der Waals surface area contributed by atoms with Gasteiger partial charge in [-0.25, -0.2) is 9.97 Å². The maximum absolute atomic E-state index is 4.36. The summed E-state index contributed by atoms with van der Waals surface area (Å²) in [5.74, 6) is 0. The third-order valence-electron chi connectivity index (χ3n) is 3.26. The minimum absolute atomic E-state index is 0.723. The summed E-state index contributed by atoms with van der Waals surface area (Å²) in [5, 5.41) is 2.26. The van der Waals surface area contributed by atoms with Gasteiger partial charge in [0.15, 0.2) is 5.49 Å². The first-order chi connectivity index (χ1) is 8.93. The number of rotatable bonds is 1. The summed E-state index contributed by atoms with van der Waals surface area (Å²) in [6.45, 7) is 0.723. The number of H-pyrrole nitrogens is 1. The summed E-state index contributed by atoms with van der Waals surface area (Å²) in [6, 6.07) is 6.13. The van der Waals surface area contributed by atoms with E-state index in [1.54, 1.807) is 0 Å². The van der Waals surface area contributed by atoms with Gasteiger partial charge in [-0.3, -0.25) is 4.99 Å². The number of aromatic nitrogens is 3. The summed E-state index contributed by atoms with van der Waals surface area (Å²) >= 11 is 0. The number of aromatic amines is 1. The minimum atomic E-state index is 0.723. The largest absolute Gasteiger partial charge is 0.346 e. The molecule has 0 unspecified atom stereocenters. The van der Waals surface area contributed by atoms with E-state index in [0.29, 0.717) is 0 Å². The molecule has 1 aliphatic rings. The van der Waals surface area contributed by atoms with E-state index in [4.69, 9.17) is 0 Å². The highest BCUT2D eigenvalue weighted by Crippen LogP contribution is 2.23. The average Bonchev–Trinajstić information content (AvgIpc) is 3.06. The van der Waals surface area contributed by atoms with Gasteiger partial charge in [0.25, 0.3) is 0 Å². The lowest BCUT2D eigenvalue weighted by Crippen LogP contribution is -2.26. The van der Waals surface area contributed by atoms with Crippen LogP contribution in [0.5, 0.6) is 0 Å². The molecule has 3 aromatic rings. The molecular weight excluding hydrogens is 224 g/mol. The number of nitrogens with zero attached hydrogens (tertiary/aromatic N) is 3. The van der Waals surface area contributed by atoms with Gasteiger partial charge in [0.1, 0.15) is 5.65 Å². The molecule has 3 aromatic heterocycles. The van der Waals surface area contributed by atoms with Gasteiger partial charge in [0, 0.05) is 29.2 Å². The molecule has 0 fully saturated rings. The third-order valence-corrected chi connectivity index (χ3v) is 3.26. The molecule has 18 heavy (non-hydrogen) atoms. The second kappa shape index (κ2) is 3.50. The molecular formula is C14H10N4. The summed E-state index contributed by atoms with van der Waals surface area (Å²) in [5.41, 5.74) is 4.10. The van der Waals surface area contributed by atoms with Crippen LogP contribution in [0.15, 0.2) is 41.8 Å². The smallest absolute Gasteiger partial charge is 0.155 e. The van der Waals surface area contributed by atoms with E-state index >= 15 is 0 Å². The Morgan fingerprint density at radius 3 is 2.89 bits per heavy atom. The van der Waals surface area contributed by atoms with Gasteiger partial charge in [-0.05, 0) is 29.3 Å². The van der Waals surface area contributed by atoms with Gasteiger partial charge in [0.2, 0.25) is 0 Å². The minimum Gasteiger partial charge on any atom is -0.346 e. The van der Waals surface area contributed by atoms with Crippen LogP contribution in [-0.2, 0) is 0 Å². The molecule has 86 valence electrons. The van der Waals surface area contributed by atoms with E-state index < -0.39 is 0 Å². The van der Waals surface area contributed by atoms with Crippen LogP contribution >= 0.6 is 0 Å². The normalized spacial score (nSPS) is 13.1. The Labute approximate surface area is 103 Å². The molecule has 0 atom stereocenters. The van der Waals surface area contributed by atoms with Gasteiger partial charge < -0.3 is 4.98 Å². The quantitative estimate of drug-likeness (QED) is 0.684. The molecule has 0 aliphatic carbocycles. The first-order valence-electron chi connectivity index (χ1n) is 5.86. The zero-order valence-corrected chi connectivity index (χ0v) is 9.59. The molecule has 1 N–H and O–H groups in total. The lowest BCUT2D eigenvalue weighted by atomic mass is 10.0. The molecule has 0 bridgehead atoms. The molecule has 4 heteroatoms. The predicted octanol–water partition coefficient (Wildman–Crippen LogP) is 1.04. The highest BCUT2D eigenvalue weighted by Gasteiger charge is 2.09. The first-order valence-corrected chi connectivity index (χ1v) is 5.86. The molecule has 4 heterocycles. The van der Waals surface area contributed by atoms with Crippen molar-refractivity contribution in [3.05, 3.63) is 47.5 Å². The molecule has 0 spiro atoms. The summed E-state index contributed by atoms with van der Waals surface area (Å²) in [4.78, 5) is 16.1. The number of pyridine rings is 2. The van der Waals surface area contributed by atoms with Crippen molar-refractivity contribution < 1.29 is 0 Å². The monoisotopic (exact) mass is 234 g/mol. The zero-order chi connectivity index (χ0) is 11.9. The molecule has 0 radical (unpaired) electrons. The second-order valence-electron chi connectivity index (χ2n) is 4.24. The Kier molecular flexibility index (Phi) is 1.85. The van der Waals surface area contributed by atoms with Crippen LogP contribution in [0.4, 0.5) is 0 Å². The molecule has 4 rings (SSSR count). The zero-order valence-electron chi connectivity index (χ0n) is 9.59. The fraction of sp³-hybridized carbons (Fsp3) is 0.0714. The van der Waals surface area contributed by atoms with Crippen molar-refractivity contribution >= 4 is 17.1 Å². The van der Waals surface area contributed by atoms with Gasteiger partial charge >= 0.3 is 0 Å².